The van der Waals surface area contributed by atoms with E-state index in [-0.39, 0.29) is 21.7 Å². The van der Waals surface area contributed by atoms with Gasteiger partial charge in [-0.05, 0) is 106 Å². The molecule has 0 spiro atoms. The van der Waals surface area contributed by atoms with Gasteiger partial charge in [0.1, 0.15) is 0 Å². The van der Waals surface area contributed by atoms with Gasteiger partial charge in [0, 0.05) is 26.9 Å². The number of halogens is 4. The summed E-state index contributed by atoms with van der Waals surface area (Å²) >= 11 is 30.2. The molecule has 0 aliphatic heterocycles. The lowest BCUT2D eigenvalue weighted by molar-refractivity contribution is 0.590. The minimum atomic E-state index is -0.0246. The topological polar surface area (TPSA) is 0 Å². The molecule has 0 amide bonds. The molecule has 0 saturated heterocycles. The van der Waals surface area contributed by atoms with E-state index in [1.54, 1.807) is 0 Å². The predicted molar refractivity (Wildman–Crippen MR) is 267 cm³/mol. The van der Waals surface area contributed by atoms with Gasteiger partial charge >= 0.3 is 0 Å². The zero-order chi connectivity index (χ0) is 43.4. The van der Waals surface area contributed by atoms with Gasteiger partial charge < -0.3 is 0 Å². The highest BCUT2D eigenvalue weighted by Crippen LogP contribution is 2.58. The van der Waals surface area contributed by atoms with Crippen molar-refractivity contribution in [3.63, 3.8) is 0 Å². The molecule has 0 aromatic heterocycles. The number of hydrogen-bond donors (Lipinski definition) is 0. The van der Waals surface area contributed by atoms with Crippen molar-refractivity contribution < 1.29 is 0 Å². The molecule has 0 saturated carbocycles. The van der Waals surface area contributed by atoms with Gasteiger partial charge in [0.05, 0.1) is 20.1 Å². The van der Waals surface area contributed by atoms with Crippen molar-refractivity contribution in [3.05, 3.63) is 152 Å². The second kappa shape index (κ2) is 14.8. The average Bonchev–Trinajstić information content (AvgIpc) is 3.17. The van der Waals surface area contributed by atoms with E-state index in [2.05, 4.69) is 186 Å². The SMILES string of the molecule is CC(C)(C)c1ccc(-c2c(-c3ccc(C(C)(C)C)cc3)c3c(Cl)cc(Cl)c4c(-c5ccc(C(C)(C)C)cc5)c(-c5ccc(C(C)(C)C)cc5)c5c(Cl)c(Cl)cc2c5c34)cc1. The van der Waals surface area contributed by atoms with Gasteiger partial charge in [0.25, 0.3) is 0 Å². The molecule has 8 rings (SSSR count). The molecule has 0 atom stereocenters. The summed E-state index contributed by atoms with van der Waals surface area (Å²) in [6.45, 7) is 26.9. The molecule has 306 valence electrons. The van der Waals surface area contributed by atoms with E-state index in [0.29, 0.717) is 20.1 Å². The van der Waals surface area contributed by atoms with Crippen LogP contribution >= 0.6 is 46.4 Å². The minimum absolute atomic E-state index is 0.0148. The Hall–Kier alpha value is -4.04. The summed E-state index contributed by atoms with van der Waals surface area (Å²) in [4.78, 5) is 0. The molecular formula is C56H54Cl4. The molecule has 0 heterocycles. The van der Waals surface area contributed by atoms with Crippen molar-refractivity contribution >= 4 is 78.7 Å². The van der Waals surface area contributed by atoms with Crippen LogP contribution in [-0.4, -0.2) is 0 Å². The summed E-state index contributed by atoms with van der Waals surface area (Å²) < 4.78 is 0. The van der Waals surface area contributed by atoms with E-state index in [4.69, 9.17) is 46.4 Å². The summed E-state index contributed by atoms with van der Waals surface area (Å²) in [5.74, 6) is 0. The first kappa shape index (κ1) is 42.6. The summed E-state index contributed by atoms with van der Waals surface area (Å²) in [7, 11) is 0. The predicted octanol–water partition coefficient (Wildman–Crippen LogP) is 19.1. The van der Waals surface area contributed by atoms with E-state index in [0.717, 1.165) is 76.8 Å². The maximum atomic E-state index is 7.62. The van der Waals surface area contributed by atoms with Crippen LogP contribution in [0.3, 0.4) is 0 Å². The normalized spacial score (nSPS) is 13.0. The molecule has 0 aliphatic carbocycles. The molecule has 0 bridgehead atoms. The third kappa shape index (κ3) is 7.30. The Bertz CT molecular complexity index is 2900. The highest BCUT2D eigenvalue weighted by atomic mass is 35.5. The molecule has 0 unspecified atom stereocenters. The van der Waals surface area contributed by atoms with Gasteiger partial charge in [0.15, 0.2) is 0 Å². The molecule has 8 aromatic rings. The summed E-state index contributed by atoms with van der Waals surface area (Å²) in [6.07, 6.45) is 0. The summed E-state index contributed by atoms with van der Waals surface area (Å²) in [5.41, 5.74) is 13.2. The third-order valence-corrected chi connectivity index (χ3v) is 13.8. The highest BCUT2D eigenvalue weighted by Gasteiger charge is 2.31. The van der Waals surface area contributed by atoms with E-state index >= 15 is 0 Å². The lowest BCUT2D eigenvalue weighted by Gasteiger charge is -2.28. The van der Waals surface area contributed by atoms with E-state index in [1.807, 2.05) is 6.07 Å². The maximum Gasteiger partial charge on any atom is 0.0677 e. The lowest BCUT2D eigenvalue weighted by Crippen LogP contribution is -2.11. The molecular weight excluding hydrogens is 814 g/mol. The third-order valence-electron chi connectivity index (χ3n) is 12.4. The minimum Gasteiger partial charge on any atom is -0.0836 e. The Morgan fingerprint density at radius 1 is 0.283 bits per heavy atom. The average molecular weight is 869 g/mol. The van der Waals surface area contributed by atoms with Gasteiger partial charge in [-0.3, -0.25) is 0 Å². The number of benzene rings is 8. The van der Waals surface area contributed by atoms with E-state index in [1.165, 1.54) is 22.3 Å². The van der Waals surface area contributed by atoms with Crippen molar-refractivity contribution in [2.45, 2.75) is 105 Å². The quantitative estimate of drug-likeness (QED) is 0.155. The van der Waals surface area contributed by atoms with Crippen LogP contribution < -0.4 is 0 Å². The first-order chi connectivity index (χ1) is 28.0. The first-order valence-corrected chi connectivity index (χ1v) is 22.5. The molecule has 0 aliphatic rings. The second-order valence-corrected chi connectivity index (χ2v) is 22.3. The van der Waals surface area contributed by atoms with Crippen LogP contribution in [0.1, 0.15) is 105 Å². The Morgan fingerprint density at radius 2 is 0.567 bits per heavy atom. The Labute approximate surface area is 377 Å². The fourth-order valence-corrected chi connectivity index (χ4v) is 10.00. The Balaban J connectivity index is 1.65. The molecule has 4 heteroatoms. The van der Waals surface area contributed by atoms with Crippen molar-refractivity contribution in [2.75, 3.05) is 0 Å². The van der Waals surface area contributed by atoms with Crippen molar-refractivity contribution in [1.82, 2.24) is 0 Å². The second-order valence-electron chi connectivity index (χ2n) is 20.7. The molecule has 0 nitrogen and oxygen atoms in total. The van der Waals surface area contributed by atoms with Crippen LogP contribution in [0.5, 0.6) is 0 Å². The van der Waals surface area contributed by atoms with Gasteiger partial charge in [-0.25, -0.2) is 0 Å². The Kier molecular flexibility index (Phi) is 10.5. The largest absolute Gasteiger partial charge is 0.0836 e. The zero-order valence-electron chi connectivity index (χ0n) is 36.9. The molecule has 0 N–H and O–H groups in total. The van der Waals surface area contributed by atoms with Crippen LogP contribution in [0.25, 0.3) is 76.8 Å². The van der Waals surface area contributed by atoms with Crippen LogP contribution in [-0.2, 0) is 21.7 Å². The fourth-order valence-electron chi connectivity index (χ4n) is 8.90. The molecule has 8 aromatic carbocycles. The van der Waals surface area contributed by atoms with Gasteiger partial charge in [-0.1, -0.05) is 227 Å². The van der Waals surface area contributed by atoms with Crippen LogP contribution in [0.2, 0.25) is 20.1 Å². The van der Waals surface area contributed by atoms with E-state index in [9.17, 15) is 0 Å². The lowest BCUT2D eigenvalue weighted by atomic mass is 9.76. The molecule has 60 heavy (non-hydrogen) atoms. The van der Waals surface area contributed by atoms with Gasteiger partial charge in [-0.2, -0.15) is 0 Å². The monoisotopic (exact) mass is 866 g/mol. The van der Waals surface area contributed by atoms with Crippen LogP contribution in [0, 0.1) is 0 Å². The van der Waals surface area contributed by atoms with E-state index < -0.39 is 0 Å². The van der Waals surface area contributed by atoms with Gasteiger partial charge in [-0.15, -0.1) is 0 Å². The van der Waals surface area contributed by atoms with Crippen LogP contribution in [0.4, 0.5) is 0 Å². The highest BCUT2D eigenvalue weighted by molar-refractivity contribution is 6.53. The fraction of sp³-hybridized carbons (Fsp3) is 0.286. The molecule has 0 fully saturated rings. The number of hydrogen-bond acceptors (Lipinski definition) is 0. The van der Waals surface area contributed by atoms with Crippen LogP contribution in [0.15, 0.2) is 109 Å². The summed E-state index contributed by atoms with van der Waals surface area (Å²) in [6, 6.07) is 39.8. The summed E-state index contributed by atoms with van der Waals surface area (Å²) in [5, 5.41) is 7.89. The maximum absolute atomic E-state index is 7.62. The van der Waals surface area contributed by atoms with Crippen molar-refractivity contribution in [3.8, 4) is 44.5 Å². The Morgan fingerprint density at radius 3 is 0.883 bits per heavy atom. The molecule has 0 radical (unpaired) electrons. The standard InChI is InChI=1S/C56H54Cl4/c1-53(2,3)35-21-13-31(14-22-35)43-39-29-42(59)52(60)51-46(34-19-27-38(28-20-34)56(10,11)12)45(33-17-25-37(26-18-33)55(7,8)9)49-41(58)30-40(57)48(50(49)47(39)51)44(43)32-15-23-36(24-16-32)54(4,5)6/h13-30H,1-12H3. The smallest absolute Gasteiger partial charge is 0.0677 e. The van der Waals surface area contributed by atoms with Gasteiger partial charge in [0.2, 0.25) is 0 Å². The number of rotatable bonds is 4. The first-order valence-electron chi connectivity index (χ1n) is 20.9. The van der Waals surface area contributed by atoms with Crippen molar-refractivity contribution in [2.24, 2.45) is 0 Å². The van der Waals surface area contributed by atoms with Crippen molar-refractivity contribution in [1.29, 1.82) is 0 Å². The zero-order valence-corrected chi connectivity index (χ0v) is 39.9.